The van der Waals surface area contributed by atoms with Gasteiger partial charge in [-0.1, -0.05) is 61.7 Å². The van der Waals surface area contributed by atoms with Crippen molar-refractivity contribution >= 4 is 37.1 Å². The molecule has 29 heavy (non-hydrogen) atoms. The first-order chi connectivity index (χ1) is 13.5. The molecule has 154 valence electrons. The van der Waals surface area contributed by atoms with E-state index in [1.54, 1.807) is 11.8 Å². The highest BCUT2D eigenvalue weighted by Crippen LogP contribution is 2.43. The number of aliphatic imine (C=N–C) groups is 1. The zero-order valence-electron chi connectivity index (χ0n) is 17.0. The Labute approximate surface area is 184 Å². The summed E-state index contributed by atoms with van der Waals surface area (Å²) in [6.07, 6.45) is 0. The molecule has 0 aliphatic carbocycles. The topological polar surface area (TPSA) is 46.3 Å². The zero-order valence-corrected chi connectivity index (χ0v) is 19.6. The molecule has 7 heteroatoms. The predicted molar refractivity (Wildman–Crippen MR) is 118 cm³/mol. The first kappa shape index (κ1) is 22.3. The Morgan fingerprint density at radius 1 is 1.00 bits per heavy atom. The van der Waals surface area contributed by atoms with Crippen LogP contribution in [0.5, 0.6) is 0 Å². The maximum atomic E-state index is 10.0. The van der Waals surface area contributed by atoms with Gasteiger partial charge >= 0.3 is 0 Å². The molecule has 0 aromatic heterocycles. The summed E-state index contributed by atoms with van der Waals surface area (Å²) in [5, 5.41) is 10.0. The smallest absolute Gasteiger partial charge is 0.235 e. The molecule has 2 aliphatic heterocycles. The molecule has 0 amide bonds. The molecule has 2 aromatic carbocycles. The van der Waals surface area contributed by atoms with Gasteiger partial charge in [-0.15, -0.1) is 0 Å². The van der Waals surface area contributed by atoms with Crippen molar-refractivity contribution in [2.75, 3.05) is 19.9 Å². The monoisotopic (exact) mass is 446 g/mol. The molecule has 2 aromatic rings. The lowest BCUT2D eigenvalue weighted by Crippen LogP contribution is -3.12. The van der Waals surface area contributed by atoms with Crippen LogP contribution in [-0.4, -0.2) is 39.0 Å². The second kappa shape index (κ2) is 9.16. The summed E-state index contributed by atoms with van der Waals surface area (Å²) in [5.74, 6) is 0.731. The summed E-state index contributed by atoms with van der Waals surface area (Å²) in [5.41, 5.74) is 4.38. The molecule has 1 atom stereocenters. The molecule has 0 spiro atoms. The van der Waals surface area contributed by atoms with E-state index in [0.717, 1.165) is 40.3 Å². The van der Waals surface area contributed by atoms with Gasteiger partial charge in [-0.25, -0.2) is 4.90 Å². The van der Waals surface area contributed by atoms with Crippen molar-refractivity contribution in [3.05, 3.63) is 59.7 Å². The number of aliphatic hydroxyl groups is 1. The van der Waals surface area contributed by atoms with Gasteiger partial charge in [-0.2, -0.15) is 4.99 Å². The summed E-state index contributed by atoms with van der Waals surface area (Å²) in [7, 11) is -1.14. The van der Waals surface area contributed by atoms with Gasteiger partial charge in [-0.05, 0) is 24.2 Å². The third-order valence-corrected chi connectivity index (χ3v) is 7.90. The molecule has 4 nitrogen and oxygen atoms in total. The number of amidine groups is 1. The van der Waals surface area contributed by atoms with Crippen molar-refractivity contribution in [1.29, 1.82) is 0 Å². The maximum Gasteiger partial charge on any atom is 0.235 e. The number of hydrogen-bond acceptors (Lipinski definition) is 4. The Morgan fingerprint density at radius 2 is 1.62 bits per heavy atom. The van der Waals surface area contributed by atoms with Crippen LogP contribution < -0.4 is 17.3 Å². The highest BCUT2D eigenvalue weighted by Gasteiger charge is 2.38. The van der Waals surface area contributed by atoms with Crippen LogP contribution in [0.1, 0.15) is 11.1 Å². The second-order valence-electron chi connectivity index (χ2n) is 8.38. The fourth-order valence-corrected chi connectivity index (χ4v) is 5.34. The highest BCUT2D eigenvalue weighted by molar-refractivity contribution is 7.99. The summed E-state index contributed by atoms with van der Waals surface area (Å²) in [6.45, 7) is 8.25. The molecule has 1 unspecified atom stereocenters. The molecular weight excluding hydrogens is 420 g/mol. The molecule has 0 fully saturated rings. The van der Waals surface area contributed by atoms with Crippen LogP contribution >= 0.6 is 11.8 Å². The van der Waals surface area contributed by atoms with E-state index in [1.165, 1.54) is 15.4 Å². The van der Waals surface area contributed by atoms with Crippen LogP contribution in [0.2, 0.25) is 25.7 Å². The van der Waals surface area contributed by atoms with Crippen molar-refractivity contribution in [2.24, 2.45) is 4.99 Å². The SMILES string of the molecule is C[Si](C)(C)CCOC[NH+]1C(CO)=NC2=C1c1ccccc1Sc1ccccc12.[Cl-]. The van der Waals surface area contributed by atoms with Crippen LogP contribution in [0.25, 0.3) is 11.4 Å². The highest BCUT2D eigenvalue weighted by atomic mass is 35.5. The van der Waals surface area contributed by atoms with Gasteiger partial charge < -0.3 is 22.3 Å². The average Bonchev–Trinajstić information content (AvgIpc) is 2.97. The standard InChI is InChI=1S/C22H26N2O2SSi.ClH/c1-28(2,3)13-12-26-15-24-20(14-25)23-21-16-8-4-6-10-18(16)27-19-11-7-5-9-17(19)22(21)24;/h4-11,25H,12-15H2,1-3H3;1H. The number of hydrogen-bond donors (Lipinski definition) is 2. The fourth-order valence-electron chi connectivity index (χ4n) is 3.50. The quantitative estimate of drug-likeness (QED) is 0.504. The van der Waals surface area contributed by atoms with Crippen LogP contribution in [0.4, 0.5) is 0 Å². The van der Waals surface area contributed by atoms with Gasteiger partial charge in [0.05, 0.1) is 12.2 Å². The van der Waals surface area contributed by atoms with Gasteiger partial charge in [0.1, 0.15) is 12.3 Å². The minimum atomic E-state index is -1.14. The normalized spacial score (nSPS) is 17.7. The van der Waals surface area contributed by atoms with E-state index in [0.29, 0.717) is 6.73 Å². The van der Waals surface area contributed by atoms with Gasteiger partial charge in [0.2, 0.25) is 5.84 Å². The molecule has 2 N–H and O–H groups in total. The van der Waals surface area contributed by atoms with Crippen LogP contribution in [0, 0.1) is 0 Å². The summed E-state index contributed by atoms with van der Waals surface area (Å²) in [6, 6.07) is 18.0. The Kier molecular flexibility index (Phi) is 7.04. The van der Waals surface area contributed by atoms with E-state index in [9.17, 15) is 5.11 Å². The van der Waals surface area contributed by atoms with Crippen LogP contribution in [0.15, 0.2) is 63.3 Å². The minimum absolute atomic E-state index is 0. The molecule has 0 saturated carbocycles. The van der Waals surface area contributed by atoms with E-state index >= 15 is 0 Å². The van der Waals surface area contributed by atoms with E-state index in [-0.39, 0.29) is 19.0 Å². The molecular formula is C22H27ClN2O2SSi. The minimum Gasteiger partial charge on any atom is -1.00 e. The van der Waals surface area contributed by atoms with Crippen molar-refractivity contribution in [3.8, 4) is 0 Å². The first-order valence-electron chi connectivity index (χ1n) is 9.71. The van der Waals surface area contributed by atoms with Crippen LogP contribution in [0.3, 0.4) is 0 Å². The number of fused-ring (bicyclic) bond motifs is 4. The Balaban J connectivity index is 0.00000240. The maximum absolute atomic E-state index is 10.0. The van der Waals surface area contributed by atoms with Crippen LogP contribution in [-0.2, 0) is 4.74 Å². The predicted octanol–water partition coefficient (Wildman–Crippen LogP) is 0.583. The summed E-state index contributed by atoms with van der Waals surface area (Å²) < 4.78 is 6.08. The lowest BCUT2D eigenvalue weighted by molar-refractivity contribution is -0.752. The van der Waals surface area contributed by atoms with E-state index < -0.39 is 8.07 Å². The second-order valence-corrected chi connectivity index (χ2v) is 15.1. The van der Waals surface area contributed by atoms with E-state index in [4.69, 9.17) is 9.73 Å². The number of halogens is 1. The van der Waals surface area contributed by atoms with Crippen molar-refractivity contribution < 1.29 is 27.2 Å². The molecule has 0 bridgehead atoms. The van der Waals surface area contributed by atoms with Crippen molar-refractivity contribution in [2.45, 2.75) is 35.5 Å². The number of nitrogens with zero attached hydrogens (tertiary/aromatic N) is 1. The number of aliphatic hydroxyl groups excluding tert-OH is 1. The van der Waals surface area contributed by atoms with E-state index in [2.05, 4.69) is 68.2 Å². The number of benzene rings is 2. The fraction of sp³-hybridized carbons (Fsp3) is 0.318. The Hall–Kier alpha value is -1.41. The first-order valence-corrected chi connectivity index (χ1v) is 14.2. The van der Waals surface area contributed by atoms with E-state index in [1.807, 2.05) is 0 Å². The van der Waals surface area contributed by atoms with Crippen molar-refractivity contribution in [1.82, 2.24) is 0 Å². The number of ether oxygens (including phenoxy) is 1. The Bertz CT molecular complexity index is 956. The molecule has 0 saturated heterocycles. The molecule has 0 radical (unpaired) electrons. The average molecular weight is 447 g/mol. The number of nitrogens with one attached hydrogen (secondary N) is 1. The molecule has 4 rings (SSSR count). The molecule has 2 aliphatic rings. The summed E-state index contributed by atoms with van der Waals surface area (Å²) in [4.78, 5) is 8.30. The van der Waals surface area contributed by atoms with Gasteiger partial charge in [0, 0.05) is 23.4 Å². The van der Waals surface area contributed by atoms with Gasteiger partial charge in [-0.3, -0.25) is 0 Å². The molecule has 2 heterocycles. The third kappa shape index (κ3) is 4.68. The lowest BCUT2D eigenvalue weighted by atomic mass is 10.1. The van der Waals surface area contributed by atoms with Crippen molar-refractivity contribution in [3.63, 3.8) is 0 Å². The number of quaternary nitrogens is 1. The number of rotatable bonds is 6. The third-order valence-electron chi connectivity index (χ3n) is 5.04. The van der Waals surface area contributed by atoms with Gasteiger partial charge in [0.15, 0.2) is 12.4 Å². The largest absolute Gasteiger partial charge is 1.00 e. The zero-order chi connectivity index (χ0) is 19.7. The Morgan fingerprint density at radius 3 is 2.28 bits per heavy atom. The lowest BCUT2D eigenvalue weighted by Gasteiger charge is -2.20. The summed E-state index contributed by atoms with van der Waals surface area (Å²) >= 11 is 1.78. The van der Waals surface area contributed by atoms with Gasteiger partial charge in [0.25, 0.3) is 0 Å².